The number of Topliss-reactive ketones (excluding diaryl/α,β-unsaturated/α-hetero) is 1. The zero-order valence-corrected chi connectivity index (χ0v) is 11.1. The minimum Gasteiger partial charge on any atom is -0.382 e. The highest BCUT2D eigenvalue weighted by Crippen LogP contribution is 2.37. The van der Waals surface area contributed by atoms with Gasteiger partial charge in [-0.2, -0.15) is 0 Å². The Balaban J connectivity index is 1.69. The summed E-state index contributed by atoms with van der Waals surface area (Å²) < 4.78 is 0. The molecule has 2 fully saturated rings. The van der Waals surface area contributed by atoms with E-state index in [1.807, 2.05) is 0 Å². The quantitative estimate of drug-likeness (QED) is 0.719. The van der Waals surface area contributed by atoms with Gasteiger partial charge in [-0.1, -0.05) is 11.3 Å². The lowest BCUT2D eigenvalue weighted by molar-refractivity contribution is 0.0972. The van der Waals surface area contributed by atoms with Crippen molar-refractivity contribution in [3.63, 3.8) is 0 Å². The third-order valence-corrected chi connectivity index (χ3v) is 4.51. The second-order valence-corrected chi connectivity index (χ2v) is 6.04. The Morgan fingerprint density at radius 3 is 2.72 bits per heavy atom. The molecule has 1 aromatic rings. The largest absolute Gasteiger partial charge is 0.382 e. The maximum Gasteiger partial charge on any atom is 0.185 e. The average molecular weight is 266 g/mol. The second kappa shape index (κ2) is 4.85. The van der Waals surface area contributed by atoms with Crippen molar-refractivity contribution in [3.05, 3.63) is 4.88 Å². The highest BCUT2D eigenvalue weighted by atomic mass is 32.1. The molecule has 5 nitrogen and oxygen atoms in total. The van der Waals surface area contributed by atoms with Gasteiger partial charge in [-0.3, -0.25) is 4.79 Å². The molecule has 2 heterocycles. The van der Waals surface area contributed by atoms with Crippen molar-refractivity contribution in [1.82, 2.24) is 10.3 Å². The van der Waals surface area contributed by atoms with Crippen molar-refractivity contribution in [2.24, 2.45) is 5.92 Å². The van der Waals surface area contributed by atoms with Crippen LogP contribution in [0.1, 0.15) is 35.4 Å². The van der Waals surface area contributed by atoms with E-state index in [4.69, 9.17) is 5.73 Å². The number of carbonyl (C=O) groups excluding carboxylic acids is 1. The van der Waals surface area contributed by atoms with Crippen LogP contribution >= 0.6 is 11.3 Å². The number of hydrogen-bond acceptors (Lipinski definition) is 6. The van der Waals surface area contributed by atoms with Crippen LogP contribution in [-0.2, 0) is 0 Å². The molecule has 0 amide bonds. The smallest absolute Gasteiger partial charge is 0.185 e. The third kappa shape index (κ3) is 2.49. The van der Waals surface area contributed by atoms with Gasteiger partial charge in [0.1, 0.15) is 10.7 Å². The summed E-state index contributed by atoms with van der Waals surface area (Å²) in [6.45, 7) is 2.07. The molecule has 1 aromatic heterocycles. The van der Waals surface area contributed by atoms with Crippen LogP contribution in [0, 0.1) is 5.92 Å². The number of ketones is 1. The van der Waals surface area contributed by atoms with E-state index in [2.05, 4.69) is 15.6 Å². The molecule has 0 unspecified atom stereocenters. The Bertz CT molecular complexity index is 449. The van der Waals surface area contributed by atoms with E-state index in [0.29, 0.717) is 16.7 Å². The predicted molar refractivity (Wildman–Crippen MR) is 73.1 cm³/mol. The lowest BCUT2D eigenvalue weighted by Gasteiger charge is -2.23. The summed E-state index contributed by atoms with van der Waals surface area (Å²) in [6, 6.07) is 0.445. The molecule has 1 aliphatic heterocycles. The summed E-state index contributed by atoms with van der Waals surface area (Å²) in [4.78, 5) is 16.9. The van der Waals surface area contributed by atoms with Gasteiger partial charge in [-0.05, 0) is 38.8 Å². The Morgan fingerprint density at radius 2 is 2.06 bits per heavy atom. The maximum absolute atomic E-state index is 12.0. The average Bonchev–Trinajstić information content (AvgIpc) is 3.15. The first-order valence-electron chi connectivity index (χ1n) is 6.52. The van der Waals surface area contributed by atoms with Crippen LogP contribution in [-0.4, -0.2) is 29.9 Å². The van der Waals surface area contributed by atoms with Crippen molar-refractivity contribution in [2.75, 3.05) is 24.1 Å². The van der Waals surface area contributed by atoms with E-state index in [-0.39, 0.29) is 11.7 Å². The van der Waals surface area contributed by atoms with E-state index < -0.39 is 0 Å². The molecule has 0 bridgehead atoms. The number of hydrogen-bond donors (Lipinski definition) is 3. The Morgan fingerprint density at radius 1 is 1.33 bits per heavy atom. The van der Waals surface area contributed by atoms with Crippen LogP contribution in [0.4, 0.5) is 10.9 Å². The van der Waals surface area contributed by atoms with Gasteiger partial charge in [0, 0.05) is 12.0 Å². The van der Waals surface area contributed by atoms with Crippen LogP contribution in [0.25, 0.3) is 0 Å². The Kier molecular flexibility index (Phi) is 3.22. The van der Waals surface area contributed by atoms with Gasteiger partial charge in [-0.25, -0.2) is 4.98 Å². The third-order valence-electron chi connectivity index (χ3n) is 3.49. The van der Waals surface area contributed by atoms with Crippen molar-refractivity contribution in [1.29, 1.82) is 0 Å². The number of carbonyl (C=O) groups is 1. The highest BCUT2D eigenvalue weighted by molar-refractivity contribution is 7.18. The van der Waals surface area contributed by atoms with Crippen molar-refractivity contribution < 1.29 is 4.79 Å². The van der Waals surface area contributed by atoms with Gasteiger partial charge >= 0.3 is 0 Å². The summed E-state index contributed by atoms with van der Waals surface area (Å²) in [5, 5.41) is 7.51. The molecule has 18 heavy (non-hydrogen) atoms. The van der Waals surface area contributed by atoms with Crippen LogP contribution < -0.4 is 16.4 Å². The molecule has 0 aromatic carbocycles. The number of piperidine rings is 1. The number of anilines is 2. The van der Waals surface area contributed by atoms with E-state index >= 15 is 0 Å². The number of aromatic nitrogens is 1. The first-order valence-corrected chi connectivity index (χ1v) is 7.33. The fourth-order valence-electron chi connectivity index (χ4n) is 2.24. The molecule has 0 spiro atoms. The van der Waals surface area contributed by atoms with E-state index in [9.17, 15) is 4.79 Å². The fourth-order valence-corrected chi connectivity index (χ4v) is 3.22. The first kappa shape index (κ1) is 11.9. The summed E-state index contributed by atoms with van der Waals surface area (Å²) in [5.74, 6) is 0.788. The van der Waals surface area contributed by atoms with Gasteiger partial charge in [0.15, 0.2) is 10.9 Å². The Hall–Kier alpha value is -1.14. The molecule has 4 N–H and O–H groups in total. The minimum absolute atomic E-state index is 0.184. The van der Waals surface area contributed by atoms with Gasteiger partial charge < -0.3 is 16.4 Å². The summed E-state index contributed by atoms with van der Waals surface area (Å²) in [6.07, 6.45) is 4.19. The van der Waals surface area contributed by atoms with E-state index in [0.717, 1.165) is 43.9 Å². The SMILES string of the molecule is Nc1nc(NC2CCNCC2)sc1C(=O)C1CC1. The number of nitrogens with two attached hydrogens (primary N) is 1. The van der Waals surface area contributed by atoms with E-state index in [1.54, 1.807) is 0 Å². The van der Waals surface area contributed by atoms with Gasteiger partial charge in [0.05, 0.1) is 0 Å². The van der Waals surface area contributed by atoms with Gasteiger partial charge in [0.2, 0.25) is 0 Å². The molecule has 2 aliphatic rings. The molecule has 0 atom stereocenters. The first-order chi connectivity index (χ1) is 8.74. The molecule has 1 saturated carbocycles. The molecule has 1 aliphatic carbocycles. The zero-order valence-electron chi connectivity index (χ0n) is 10.2. The van der Waals surface area contributed by atoms with Crippen LogP contribution in [0.2, 0.25) is 0 Å². The summed E-state index contributed by atoms with van der Waals surface area (Å²) >= 11 is 1.41. The summed E-state index contributed by atoms with van der Waals surface area (Å²) in [5.41, 5.74) is 5.84. The Labute approximate surface area is 110 Å². The number of nitrogen functional groups attached to an aromatic ring is 1. The minimum atomic E-state index is 0.184. The number of nitrogens with zero attached hydrogens (tertiary/aromatic N) is 1. The topological polar surface area (TPSA) is 80.0 Å². The van der Waals surface area contributed by atoms with Crippen molar-refractivity contribution >= 4 is 28.1 Å². The zero-order chi connectivity index (χ0) is 12.5. The van der Waals surface area contributed by atoms with Crippen molar-refractivity contribution in [2.45, 2.75) is 31.7 Å². The maximum atomic E-state index is 12.0. The molecular weight excluding hydrogens is 248 g/mol. The standard InChI is InChI=1S/C12H18N4OS/c13-11-10(9(17)7-1-2-7)18-12(16-11)15-8-3-5-14-6-4-8/h7-8,14H,1-6,13H2,(H,15,16). The highest BCUT2D eigenvalue weighted by Gasteiger charge is 2.33. The van der Waals surface area contributed by atoms with Gasteiger partial charge in [-0.15, -0.1) is 0 Å². The lowest BCUT2D eigenvalue weighted by atomic mass is 10.1. The van der Waals surface area contributed by atoms with E-state index in [1.165, 1.54) is 11.3 Å². The molecule has 0 radical (unpaired) electrons. The number of rotatable bonds is 4. The molecule has 3 rings (SSSR count). The molecule has 1 saturated heterocycles. The lowest BCUT2D eigenvalue weighted by Crippen LogP contribution is -2.35. The summed E-state index contributed by atoms with van der Waals surface area (Å²) in [7, 11) is 0. The molecule has 98 valence electrons. The van der Waals surface area contributed by atoms with Crippen LogP contribution in [0.3, 0.4) is 0 Å². The predicted octanol–water partition coefficient (Wildman–Crippen LogP) is 1.48. The normalized spacial score (nSPS) is 20.9. The molecular formula is C12H18N4OS. The van der Waals surface area contributed by atoms with Crippen LogP contribution in [0.15, 0.2) is 0 Å². The second-order valence-electron chi connectivity index (χ2n) is 5.04. The van der Waals surface area contributed by atoms with Crippen LogP contribution in [0.5, 0.6) is 0 Å². The monoisotopic (exact) mass is 266 g/mol. The molecule has 6 heteroatoms. The van der Waals surface area contributed by atoms with Gasteiger partial charge in [0.25, 0.3) is 0 Å². The fraction of sp³-hybridized carbons (Fsp3) is 0.667. The number of thiazole rings is 1. The number of nitrogens with one attached hydrogen (secondary N) is 2. The van der Waals surface area contributed by atoms with Crippen molar-refractivity contribution in [3.8, 4) is 0 Å².